The molecule has 31 heavy (non-hydrogen) atoms. The molecule has 2 aromatic carbocycles. The maximum absolute atomic E-state index is 13.0. The number of carbonyl (C=O) groups excluding carboxylic acids is 1. The molecule has 1 atom stereocenters. The number of para-hydroxylation sites is 1. The average Bonchev–Trinajstić information content (AvgIpc) is 3.17. The minimum Gasteiger partial charge on any atom is -0.496 e. The second-order valence-electron chi connectivity index (χ2n) is 7.51. The second-order valence-corrected chi connectivity index (χ2v) is 7.51. The first-order valence-corrected chi connectivity index (χ1v) is 10.0. The van der Waals surface area contributed by atoms with Crippen LogP contribution in [0.2, 0.25) is 0 Å². The summed E-state index contributed by atoms with van der Waals surface area (Å²) in [4.78, 5) is 12.7. The summed E-state index contributed by atoms with van der Waals surface area (Å²) in [5.41, 5.74) is 2.07. The van der Waals surface area contributed by atoms with E-state index in [1.54, 1.807) is 13.3 Å². The number of benzene rings is 2. The molecule has 8 heteroatoms. The number of alkyl halides is 3. The maximum Gasteiger partial charge on any atom is 0.416 e. The fourth-order valence-corrected chi connectivity index (χ4v) is 3.98. The van der Waals surface area contributed by atoms with Gasteiger partial charge in [0.1, 0.15) is 5.75 Å². The maximum atomic E-state index is 13.0. The van der Waals surface area contributed by atoms with Gasteiger partial charge in [-0.2, -0.15) is 18.3 Å². The number of ether oxygens (including phenoxy) is 1. The van der Waals surface area contributed by atoms with Crippen molar-refractivity contribution in [2.24, 2.45) is 0 Å². The summed E-state index contributed by atoms with van der Waals surface area (Å²) >= 11 is 0. The highest BCUT2D eigenvalue weighted by Crippen LogP contribution is 2.32. The Hall–Kier alpha value is -3.29. The third-order valence-electron chi connectivity index (χ3n) is 5.53. The highest BCUT2D eigenvalue weighted by Gasteiger charge is 2.31. The first kappa shape index (κ1) is 21.0. The number of nitrogens with zero attached hydrogens (tertiary/aromatic N) is 2. The number of nitrogens with one attached hydrogen (secondary N) is 1. The molecule has 0 saturated carbocycles. The minimum absolute atomic E-state index is 0.0108. The van der Waals surface area contributed by atoms with Gasteiger partial charge < -0.3 is 10.1 Å². The van der Waals surface area contributed by atoms with E-state index in [0.29, 0.717) is 13.0 Å². The Balaban J connectivity index is 1.54. The molecule has 1 amide bonds. The van der Waals surface area contributed by atoms with Crippen LogP contribution in [0.4, 0.5) is 13.2 Å². The summed E-state index contributed by atoms with van der Waals surface area (Å²) in [6.07, 6.45) is -0.383. The summed E-state index contributed by atoms with van der Waals surface area (Å²) in [6.45, 7) is 0.535. The van der Waals surface area contributed by atoms with Gasteiger partial charge in [0.25, 0.3) is 5.91 Å². The van der Waals surface area contributed by atoms with Gasteiger partial charge in [-0.25, -0.2) is 0 Å². The fraction of sp³-hybridized carbons (Fsp3) is 0.304. The number of aromatic nitrogens is 2. The van der Waals surface area contributed by atoms with Crippen molar-refractivity contribution in [2.75, 3.05) is 7.11 Å². The van der Waals surface area contributed by atoms with Gasteiger partial charge in [-0.05, 0) is 43.5 Å². The predicted molar refractivity (Wildman–Crippen MR) is 109 cm³/mol. The molecule has 0 saturated heterocycles. The van der Waals surface area contributed by atoms with E-state index in [9.17, 15) is 18.0 Å². The Morgan fingerprint density at radius 2 is 2.03 bits per heavy atom. The van der Waals surface area contributed by atoms with Crippen LogP contribution in [0, 0.1) is 0 Å². The van der Waals surface area contributed by atoms with Gasteiger partial charge in [0.05, 0.1) is 31.5 Å². The van der Waals surface area contributed by atoms with Crippen LogP contribution in [0.5, 0.6) is 5.75 Å². The fourth-order valence-electron chi connectivity index (χ4n) is 3.98. The lowest BCUT2D eigenvalue weighted by molar-refractivity contribution is -0.137. The Morgan fingerprint density at radius 3 is 2.81 bits per heavy atom. The van der Waals surface area contributed by atoms with Crippen molar-refractivity contribution in [1.82, 2.24) is 15.1 Å². The number of hydrogen-bond acceptors (Lipinski definition) is 3. The SMILES string of the molecule is COc1ccccc1Cn1ncc2c1CCC[C@H]2NC(=O)c1cccc(C(F)(F)F)c1. The molecule has 1 N–H and O–H groups in total. The Kier molecular flexibility index (Phi) is 5.71. The number of fused-ring (bicyclic) bond motifs is 1. The van der Waals surface area contributed by atoms with Crippen LogP contribution in [0.1, 0.15) is 51.6 Å². The smallest absolute Gasteiger partial charge is 0.416 e. The highest BCUT2D eigenvalue weighted by atomic mass is 19.4. The van der Waals surface area contributed by atoms with Crippen LogP contribution in [-0.2, 0) is 19.1 Å². The predicted octanol–water partition coefficient (Wildman–Crippen LogP) is 4.77. The zero-order chi connectivity index (χ0) is 22.0. The number of carbonyl (C=O) groups is 1. The largest absolute Gasteiger partial charge is 0.496 e. The summed E-state index contributed by atoms with van der Waals surface area (Å²) in [6, 6.07) is 11.9. The molecule has 0 fully saturated rings. The highest BCUT2D eigenvalue weighted by molar-refractivity contribution is 5.94. The average molecular weight is 429 g/mol. The lowest BCUT2D eigenvalue weighted by Gasteiger charge is -2.24. The van der Waals surface area contributed by atoms with Crippen molar-refractivity contribution in [3.63, 3.8) is 0 Å². The first-order valence-electron chi connectivity index (χ1n) is 10.0. The van der Waals surface area contributed by atoms with Crippen LogP contribution in [0.25, 0.3) is 0 Å². The molecular formula is C23H22F3N3O2. The van der Waals surface area contributed by atoms with Gasteiger partial charge >= 0.3 is 6.18 Å². The van der Waals surface area contributed by atoms with Gasteiger partial charge in [0.2, 0.25) is 0 Å². The number of halogens is 3. The summed E-state index contributed by atoms with van der Waals surface area (Å²) in [5.74, 6) is 0.249. The molecule has 3 aromatic rings. The van der Waals surface area contributed by atoms with Crippen LogP contribution in [-0.4, -0.2) is 22.8 Å². The van der Waals surface area contributed by atoms with Gasteiger partial charge in [0.15, 0.2) is 0 Å². The summed E-state index contributed by atoms with van der Waals surface area (Å²) in [5, 5.41) is 7.39. The third-order valence-corrected chi connectivity index (χ3v) is 5.53. The molecule has 5 nitrogen and oxygen atoms in total. The third kappa shape index (κ3) is 4.42. The number of methoxy groups -OCH3 is 1. The van der Waals surface area contributed by atoms with E-state index in [-0.39, 0.29) is 11.6 Å². The second kappa shape index (κ2) is 8.45. The topological polar surface area (TPSA) is 56.1 Å². The minimum atomic E-state index is -4.49. The quantitative estimate of drug-likeness (QED) is 0.636. The van der Waals surface area contributed by atoms with Gasteiger partial charge in [-0.15, -0.1) is 0 Å². The molecule has 1 aliphatic rings. The van der Waals surface area contributed by atoms with E-state index in [0.717, 1.165) is 47.5 Å². The van der Waals surface area contributed by atoms with Gasteiger partial charge in [0, 0.05) is 22.4 Å². The molecule has 0 unspecified atom stereocenters. The van der Waals surface area contributed by atoms with Crippen molar-refractivity contribution in [3.05, 3.63) is 82.7 Å². The van der Waals surface area contributed by atoms with E-state index < -0.39 is 17.6 Å². The molecule has 0 spiro atoms. The van der Waals surface area contributed by atoms with Crippen LogP contribution < -0.4 is 10.1 Å². The van der Waals surface area contributed by atoms with Crippen LogP contribution in [0.3, 0.4) is 0 Å². The van der Waals surface area contributed by atoms with Crippen molar-refractivity contribution in [2.45, 2.75) is 38.0 Å². The van der Waals surface area contributed by atoms with E-state index >= 15 is 0 Å². The Labute approximate surface area is 177 Å². The molecule has 162 valence electrons. The van der Waals surface area contributed by atoms with E-state index in [2.05, 4.69) is 10.4 Å². The van der Waals surface area contributed by atoms with Crippen molar-refractivity contribution >= 4 is 5.91 Å². The molecule has 1 aromatic heterocycles. The summed E-state index contributed by atoms with van der Waals surface area (Å²) < 4.78 is 46.2. The van der Waals surface area contributed by atoms with E-state index in [1.807, 2.05) is 28.9 Å². The van der Waals surface area contributed by atoms with Crippen molar-refractivity contribution in [1.29, 1.82) is 0 Å². The van der Waals surface area contributed by atoms with E-state index in [1.165, 1.54) is 12.1 Å². The van der Waals surface area contributed by atoms with Gasteiger partial charge in [-0.3, -0.25) is 9.48 Å². The molecule has 0 radical (unpaired) electrons. The van der Waals surface area contributed by atoms with Crippen molar-refractivity contribution < 1.29 is 22.7 Å². The molecule has 0 bridgehead atoms. The monoisotopic (exact) mass is 429 g/mol. The number of hydrogen-bond donors (Lipinski definition) is 1. The summed E-state index contributed by atoms with van der Waals surface area (Å²) in [7, 11) is 1.62. The zero-order valence-corrected chi connectivity index (χ0v) is 16.9. The Morgan fingerprint density at radius 1 is 1.23 bits per heavy atom. The normalized spacial score (nSPS) is 15.9. The zero-order valence-electron chi connectivity index (χ0n) is 16.9. The first-order chi connectivity index (χ1) is 14.9. The van der Waals surface area contributed by atoms with E-state index in [4.69, 9.17) is 4.74 Å². The van der Waals surface area contributed by atoms with Crippen LogP contribution in [0.15, 0.2) is 54.7 Å². The molecule has 0 aliphatic heterocycles. The number of amides is 1. The lowest BCUT2D eigenvalue weighted by Crippen LogP contribution is -2.31. The lowest BCUT2D eigenvalue weighted by atomic mass is 9.92. The van der Waals surface area contributed by atoms with Crippen molar-refractivity contribution in [3.8, 4) is 5.75 Å². The Bertz CT molecular complexity index is 1090. The molecule has 1 aliphatic carbocycles. The molecule has 4 rings (SSSR count). The number of rotatable bonds is 5. The van der Waals surface area contributed by atoms with Crippen LogP contribution >= 0.6 is 0 Å². The standard InChI is InChI=1S/C23H22F3N3O2/c1-31-21-11-3-2-6-16(21)14-29-20-10-5-9-19(18(20)13-27-29)28-22(30)15-7-4-8-17(12-15)23(24,25)26/h2-4,6-8,11-13,19H,5,9-10,14H2,1H3,(H,28,30)/t19-/m1/s1. The van der Waals surface area contributed by atoms with Gasteiger partial charge in [-0.1, -0.05) is 24.3 Å². The molecular weight excluding hydrogens is 407 g/mol. The molecule has 1 heterocycles.